The first-order chi connectivity index (χ1) is 21.6. The van der Waals surface area contributed by atoms with E-state index in [9.17, 15) is 9.59 Å². The van der Waals surface area contributed by atoms with Gasteiger partial charge in [0.25, 0.3) is 5.91 Å². The Bertz CT molecular complexity index is 1230. The molecular formula is C38H56N2O5. The van der Waals surface area contributed by atoms with E-state index in [1.807, 2.05) is 38.2 Å². The molecule has 1 atom stereocenters. The highest BCUT2D eigenvalue weighted by molar-refractivity contribution is 5.98. The van der Waals surface area contributed by atoms with Crippen LogP contribution in [0.1, 0.15) is 119 Å². The molecule has 0 heterocycles. The summed E-state index contributed by atoms with van der Waals surface area (Å²) in [5, 5.41) is 3.43. The van der Waals surface area contributed by atoms with Gasteiger partial charge in [-0.05, 0) is 80.6 Å². The van der Waals surface area contributed by atoms with E-state index < -0.39 is 0 Å². The first-order valence-electron chi connectivity index (χ1n) is 17.0. The Labute approximate surface area is 271 Å². The average Bonchev–Trinajstić information content (AvgIpc) is 3.52. The van der Waals surface area contributed by atoms with Gasteiger partial charge in [0.05, 0.1) is 18.8 Å². The van der Waals surface area contributed by atoms with Gasteiger partial charge in [-0.3, -0.25) is 9.59 Å². The smallest absolute Gasteiger partial charge is 0.323 e. The van der Waals surface area contributed by atoms with E-state index in [1.54, 1.807) is 4.90 Å². The van der Waals surface area contributed by atoms with Crippen molar-refractivity contribution in [3.05, 3.63) is 65.2 Å². The average molecular weight is 621 g/mol. The highest BCUT2D eigenvalue weighted by atomic mass is 16.5. The molecule has 0 bridgehead atoms. The fraction of sp³-hybridized carbons (Fsp3) is 0.579. The number of hydrogen-bond acceptors (Lipinski definition) is 6. The lowest BCUT2D eigenvalue weighted by atomic mass is 10.0. The van der Waals surface area contributed by atoms with Gasteiger partial charge in [-0.2, -0.15) is 0 Å². The van der Waals surface area contributed by atoms with E-state index in [1.165, 1.54) is 0 Å². The van der Waals surface area contributed by atoms with Crippen LogP contribution in [0.5, 0.6) is 11.5 Å². The van der Waals surface area contributed by atoms with E-state index in [-0.39, 0.29) is 24.0 Å². The molecule has 2 aromatic rings. The first-order valence-corrected chi connectivity index (χ1v) is 17.0. The maximum Gasteiger partial charge on any atom is 0.323 e. The number of hydrogen-bond donors (Lipinski definition) is 1. The van der Waals surface area contributed by atoms with Gasteiger partial charge in [0.1, 0.15) is 23.6 Å². The van der Waals surface area contributed by atoms with Crippen molar-refractivity contribution in [3.63, 3.8) is 0 Å². The third-order valence-corrected chi connectivity index (χ3v) is 8.20. The quantitative estimate of drug-likeness (QED) is 0.126. The van der Waals surface area contributed by atoms with E-state index in [0.29, 0.717) is 49.3 Å². The Morgan fingerprint density at radius 3 is 2.07 bits per heavy atom. The largest absolute Gasteiger partial charge is 0.493 e. The molecule has 0 spiro atoms. The van der Waals surface area contributed by atoms with Gasteiger partial charge in [-0.1, -0.05) is 71.4 Å². The van der Waals surface area contributed by atoms with Gasteiger partial charge in [0.15, 0.2) is 0 Å². The van der Waals surface area contributed by atoms with Crippen LogP contribution in [0.25, 0.3) is 5.57 Å². The molecule has 7 heteroatoms. The molecule has 0 saturated heterocycles. The number of unbranched alkanes of at least 4 members (excludes halogenated alkanes) is 2. The molecule has 0 radical (unpaired) electrons. The van der Waals surface area contributed by atoms with E-state index in [2.05, 4.69) is 51.7 Å². The van der Waals surface area contributed by atoms with Gasteiger partial charge in [0, 0.05) is 31.8 Å². The number of nitrogens with one attached hydrogen (secondary N) is 1. The summed E-state index contributed by atoms with van der Waals surface area (Å²) in [6.07, 6.45) is 8.91. The lowest BCUT2D eigenvalue weighted by Crippen LogP contribution is -2.40. The van der Waals surface area contributed by atoms with Crippen LogP contribution in [0.15, 0.2) is 43.0 Å². The van der Waals surface area contributed by atoms with Crippen LogP contribution in [-0.4, -0.2) is 49.2 Å². The monoisotopic (exact) mass is 620 g/mol. The summed E-state index contributed by atoms with van der Waals surface area (Å²) in [4.78, 5) is 28.4. The minimum absolute atomic E-state index is 0.0661. The summed E-state index contributed by atoms with van der Waals surface area (Å²) in [5.74, 6) is 1.37. The molecule has 1 amide bonds. The number of nitrogens with zero attached hydrogens (tertiary/aromatic N) is 1. The number of esters is 1. The van der Waals surface area contributed by atoms with Crippen molar-refractivity contribution >= 4 is 17.4 Å². The third kappa shape index (κ3) is 11.5. The number of rotatable bonds is 19. The molecule has 2 aromatic carbocycles. The molecule has 3 rings (SSSR count). The molecule has 1 fully saturated rings. The van der Waals surface area contributed by atoms with Crippen LogP contribution in [0.4, 0.5) is 0 Å². The van der Waals surface area contributed by atoms with Crippen molar-refractivity contribution in [1.29, 1.82) is 0 Å². The Morgan fingerprint density at radius 2 is 1.51 bits per heavy atom. The molecule has 45 heavy (non-hydrogen) atoms. The Hall–Kier alpha value is -3.32. The van der Waals surface area contributed by atoms with Gasteiger partial charge in [0.2, 0.25) is 0 Å². The maximum absolute atomic E-state index is 13.8. The highest BCUT2D eigenvalue weighted by Gasteiger charge is 2.26. The van der Waals surface area contributed by atoms with Gasteiger partial charge in [-0.25, -0.2) is 0 Å². The molecule has 1 aliphatic rings. The topological polar surface area (TPSA) is 77.1 Å². The van der Waals surface area contributed by atoms with Gasteiger partial charge in [-0.15, -0.1) is 0 Å². The standard InChI is InChI=1S/C38H56N2O5/c1-8-10-20-43-35-24-36(44-21-11-9-2)33(23-32(35)28(5)6)37(41)40(7)26-30-18-16-29(17-19-30)25-39-34(22-27(3)4)38(42)45-31-14-12-13-15-31/h16-19,23-24,27,31,34,39H,5,8-15,20-22,25-26H2,1-4,6-7H3/t34-/m0/s1. The second-order valence-corrected chi connectivity index (χ2v) is 12.9. The Kier molecular flexibility index (Phi) is 14.9. The summed E-state index contributed by atoms with van der Waals surface area (Å²) in [7, 11) is 1.81. The lowest BCUT2D eigenvalue weighted by molar-refractivity contribution is -0.151. The number of carbonyl (C=O) groups is 2. The molecule has 0 aliphatic heterocycles. The molecule has 0 unspecified atom stereocenters. The molecule has 1 aliphatic carbocycles. The van der Waals surface area contributed by atoms with Crippen molar-refractivity contribution in [2.45, 2.75) is 118 Å². The van der Waals surface area contributed by atoms with Crippen molar-refractivity contribution in [3.8, 4) is 11.5 Å². The fourth-order valence-electron chi connectivity index (χ4n) is 5.50. The SMILES string of the molecule is C=C(C)c1cc(C(=O)N(C)Cc2ccc(CN[C@@H](CC(C)C)C(=O)OC3CCCC3)cc2)c(OCCCC)cc1OCCCC. The Morgan fingerprint density at radius 1 is 0.933 bits per heavy atom. The van der Waals surface area contributed by atoms with Crippen LogP contribution in [0.3, 0.4) is 0 Å². The molecule has 7 nitrogen and oxygen atoms in total. The van der Waals surface area contributed by atoms with Crippen LogP contribution in [-0.2, 0) is 22.6 Å². The summed E-state index contributed by atoms with van der Waals surface area (Å²) >= 11 is 0. The van der Waals surface area contributed by atoms with E-state index in [0.717, 1.165) is 80.1 Å². The number of allylic oxidation sites excluding steroid dienone is 1. The van der Waals surface area contributed by atoms with Crippen LogP contribution in [0.2, 0.25) is 0 Å². The van der Waals surface area contributed by atoms with Gasteiger partial charge < -0.3 is 24.4 Å². The minimum Gasteiger partial charge on any atom is -0.493 e. The number of ether oxygens (including phenoxy) is 3. The zero-order chi connectivity index (χ0) is 32.8. The predicted octanol–water partition coefficient (Wildman–Crippen LogP) is 8.34. The van der Waals surface area contributed by atoms with Crippen LogP contribution < -0.4 is 14.8 Å². The Balaban J connectivity index is 1.68. The predicted molar refractivity (Wildman–Crippen MR) is 183 cm³/mol. The normalized spacial score (nSPS) is 13.9. The van der Waals surface area contributed by atoms with Crippen LogP contribution in [0, 0.1) is 5.92 Å². The molecule has 248 valence electrons. The number of amides is 1. The number of carbonyl (C=O) groups excluding carboxylic acids is 2. The second-order valence-electron chi connectivity index (χ2n) is 12.9. The molecule has 0 aromatic heterocycles. The van der Waals surface area contributed by atoms with Crippen molar-refractivity contribution in [1.82, 2.24) is 10.2 Å². The van der Waals surface area contributed by atoms with Gasteiger partial charge >= 0.3 is 5.97 Å². The van der Waals surface area contributed by atoms with Crippen molar-refractivity contribution in [2.24, 2.45) is 5.92 Å². The summed E-state index contributed by atoms with van der Waals surface area (Å²) < 4.78 is 18.0. The van der Waals surface area contributed by atoms with E-state index >= 15 is 0 Å². The summed E-state index contributed by atoms with van der Waals surface area (Å²) in [6.45, 7) is 16.7. The van der Waals surface area contributed by atoms with Crippen molar-refractivity contribution < 1.29 is 23.8 Å². The summed E-state index contributed by atoms with van der Waals surface area (Å²) in [6, 6.07) is 11.6. The number of benzene rings is 2. The fourth-order valence-corrected chi connectivity index (χ4v) is 5.50. The third-order valence-electron chi connectivity index (χ3n) is 8.20. The maximum atomic E-state index is 13.8. The van der Waals surface area contributed by atoms with Crippen molar-refractivity contribution in [2.75, 3.05) is 20.3 Å². The lowest BCUT2D eigenvalue weighted by Gasteiger charge is -2.22. The minimum atomic E-state index is -0.324. The zero-order valence-electron chi connectivity index (χ0n) is 28.6. The zero-order valence-corrected chi connectivity index (χ0v) is 28.6. The molecular weight excluding hydrogens is 564 g/mol. The van der Waals surface area contributed by atoms with Crippen LogP contribution >= 0.6 is 0 Å². The first kappa shape index (κ1) is 36.2. The second kappa shape index (κ2) is 18.6. The molecule has 1 saturated carbocycles. The highest BCUT2D eigenvalue weighted by Crippen LogP contribution is 2.34. The van der Waals surface area contributed by atoms with E-state index in [4.69, 9.17) is 14.2 Å². The molecule has 1 N–H and O–H groups in total. The summed E-state index contributed by atoms with van der Waals surface area (Å²) in [5.41, 5.74) is 4.26.